The quantitative estimate of drug-likeness (QED) is 0.128. The van der Waals surface area contributed by atoms with Gasteiger partial charge >= 0.3 is 0 Å². The number of aromatic hydroxyl groups is 2. The lowest BCUT2D eigenvalue weighted by Crippen LogP contribution is -2.45. The number of benzene rings is 2. The topological polar surface area (TPSA) is 157 Å². The summed E-state index contributed by atoms with van der Waals surface area (Å²) in [6.07, 6.45) is 9.16. The molecule has 0 bridgehead atoms. The Bertz CT molecular complexity index is 1250. The summed E-state index contributed by atoms with van der Waals surface area (Å²) >= 11 is 0. The molecule has 0 aromatic heterocycles. The second-order valence-electron chi connectivity index (χ2n) is 11.3. The molecule has 0 aliphatic heterocycles. The fourth-order valence-corrected chi connectivity index (χ4v) is 4.97. The third-order valence-electron chi connectivity index (χ3n) is 7.85. The van der Waals surface area contributed by atoms with Gasteiger partial charge in [0, 0.05) is 11.8 Å². The van der Waals surface area contributed by atoms with Crippen LogP contribution in [0.4, 0.5) is 0 Å². The Balaban J connectivity index is 1.92. The minimum absolute atomic E-state index is 0.0673. The lowest BCUT2D eigenvalue weighted by atomic mass is 9.90. The summed E-state index contributed by atoms with van der Waals surface area (Å²) in [6, 6.07) is 9.81. The van der Waals surface area contributed by atoms with Crippen LogP contribution in [-0.2, 0) is 22.4 Å². The Kier molecular flexibility index (Phi) is 15.8. The van der Waals surface area contributed by atoms with E-state index in [2.05, 4.69) is 35.6 Å². The number of nitrogens with one attached hydrogen (secondary N) is 4. The molecule has 2 aromatic carbocycles. The number of aryl methyl sites for hydroxylation is 2. The van der Waals surface area contributed by atoms with Crippen molar-refractivity contribution < 1.29 is 29.4 Å². The number of unbranched alkanes of at least 4 members (excludes halogenated alkanes) is 3. The van der Waals surface area contributed by atoms with E-state index in [0.717, 1.165) is 62.5 Å². The number of rotatable bonds is 17. The number of phenols is 2. The van der Waals surface area contributed by atoms with Gasteiger partial charge in [-0.25, -0.2) is 0 Å². The lowest BCUT2D eigenvalue weighted by Gasteiger charge is -2.20. The van der Waals surface area contributed by atoms with Crippen LogP contribution in [0.3, 0.4) is 0 Å². The van der Waals surface area contributed by atoms with Gasteiger partial charge in [0.05, 0.1) is 11.1 Å². The first-order valence-corrected chi connectivity index (χ1v) is 16.0. The van der Waals surface area contributed by atoms with Gasteiger partial charge in [-0.15, -0.1) is 0 Å². The van der Waals surface area contributed by atoms with Crippen LogP contribution in [0.25, 0.3) is 0 Å². The maximum absolute atomic E-state index is 13.0. The summed E-state index contributed by atoms with van der Waals surface area (Å²) in [6.45, 7) is 8.04. The van der Waals surface area contributed by atoms with Gasteiger partial charge < -0.3 is 10.2 Å². The van der Waals surface area contributed by atoms with E-state index < -0.39 is 23.7 Å². The van der Waals surface area contributed by atoms with Crippen LogP contribution in [0, 0.1) is 11.8 Å². The van der Waals surface area contributed by atoms with E-state index in [1.54, 1.807) is 36.4 Å². The molecule has 0 heterocycles. The molecule has 2 rings (SSSR count). The van der Waals surface area contributed by atoms with Gasteiger partial charge in [-0.2, -0.15) is 0 Å². The van der Waals surface area contributed by atoms with Crippen LogP contribution >= 0.6 is 0 Å². The number of hydrazine groups is 2. The highest BCUT2D eigenvalue weighted by atomic mass is 16.3. The molecule has 2 unspecified atom stereocenters. The molecule has 0 aliphatic rings. The Labute approximate surface area is 261 Å². The van der Waals surface area contributed by atoms with Crippen LogP contribution < -0.4 is 21.7 Å². The van der Waals surface area contributed by atoms with Crippen LogP contribution in [0.2, 0.25) is 0 Å². The van der Waals surface area contributed by atoms with Gasteiger partial charge in [0.2, 0.25) is 11.8 Å². The molecule has 0 fully saturated rings. The molecule has 2 aromatic rings. The van der Waals surface area contributed by atoms with Crippen molar-refractivity contribution in [3.05, 3.63) is 58.7 Å². The van der Waals surface area contributed by atoms with Crippen molar-refractivity contribution in [3.63, 3.8) is 0 Å². The zero-order valence-corrected chi connectivity index (χ0v) is 26.6. The molecule has 6 N–H and O–H groups in total. The third kappa shape index (κ3) is 11.5. The standard InChI is InChI=1S/C34H50N4O6/c1-5-9-12-23-15-19-27(29(39)21-23)33(43)37-35-31(41)25(8-4)17-18-26(14-11-7-3)32(42)36-38-34(44)28-20-16-24(13-10-6-2)22-30(28)40/h15-16,19-22,25-26,39-40H,5-14,17-18H2,1-4H3,(H,35,41)(H,36,42)(H,37,43)(H,38,44). The number of amides is 4. The van der Waals surface area contributed by atoms with Gasteiger partial charge in [-0.1, -0.05) is 65.5 Å². The molecule has 44 heavy (non-hydrogen) atoms. The molecular weight excluding hydrogens is 560 g/mol. The minimum atomic E-state index is -0.620. The average molecular weight is 611 g/mol. The van der Waals surface area contributed by atoms with Crippen LogP contribution in [0.5, 0.6) is 11.5 Å². The zero-order valence-electron chi connectivity index (χ0n) is 26.6. The van der Waals surface area contributed by atoms with Gasteiger partial charge in [-0.3, -0.25) is 40.9 Å². The Morgan fingerprint density at radius 3 is 1.43 bits per heavy atom. The normalized spacial score (nSPS) is 12.2. The molecule has 0 aliphatic carbocycles. The predicted octanol–water partition coefficient (Wildman–Crippen LogP) is 5.62. The molecule has 242 valence electrons. The Hall–Kier alpha value is -4.08. The van der Waals surface area contributed by atoms with E-state index >= 15 is 0 Å². The summed E-state index contributed by atoms with van der Waals surface area (Å²) in [7, 11) is 0. The largest absolute Gasteiger partial charge is 0.507 e. The summed E-state index contributed by atoms with van der Waals surface area (Å²) in [5.74, 6) is -3.19. The second-order valence-corrected chi connectivity index (χ2v) is 11.3. The van der Waals surface area contributed by atoms with Crippen molar-refractivity contribution in [2.24, 2.45) is 11.8 Å². The maximum atomic E-state index is 13.0. The number of hydrogen-bond donors (Lipinski definition) is 6. The molecule has 2 atom stereocenters. The molecule has 0 saturated heterocycles. The first-order chi connectivity index (χ1) is 21.1. The Morgan fingerprint density at radius 2 is 1.02 bits per heavy atom. The van der Waals surface area contributed by atoms with Crippen LogP contribution in [0.1, 0.15) is 124 Å². The number of carbonyl (C=O) groups excluding carboxylic acids is 4. The fourth-order valence-electron chi connectivity index (χ4n) is 4.97. The summed E-state index contributed by atoms with van der Waals surface area (Å²) < 4.78 is 0. The van der Waals surface area contributed by atoms with E-state index in [0.29, 0.717) is 25.7 Å². The van der Waals surface area contributed by atoms with E-state index in [1.807, 2.05) is 13.8 Å². The minimum Gasteiger partial charge on any atom is -0.507 e. The van der Waals surface area contributed by atoms with E-state index in [1.165, 1.54) is 0 Å². The molecule has 10 nitrogen and oxygen atoms in total. The van der Waals surface area contributed by atoms with Crippen molar-refractivity contribution in [2.75, 3.05) is 0 Å². The summed E-state index contributed by atoms with van der Waals surface area (Å²) in [5, 5.41) is 20.6. The molecular formula is C34H50N4O6. The monoisotopic (exact) mass is 610 g/mol. The number of hydrogen-bond acceptors (Lipinski definition) is 6. The van der Waals surface area contributed by atoms with E-state index in [4.69, 9.17) is 0 Å². The molecule has 4 amide bonds. The molecule has 10 heteroatoms. The second kappa shape index (κ2) is 19.2. The van der Waals surface area contributed by atoms with Gasteiger partial charge in [-0.05, 0) is 86.8 Å². The van der Waals surface area contributed by atoms with Crippen molar-refractivity contribution in [3.8, 4) is 11.5 Å². The van der Waals surface area contributed by atoms with Crippen molar-refractivity contribution in [2.45, 2.75) is 105 Å². The predicted molar refractivity (Wildman–Crippen MR) is 171 cm³/mol. The summed E-state index contributed by atoms with van der Waals surface area (Å²) in [4.78, 5) is 51.2. The Morgan fingerprint density at radius 1 is 0.591 bits per heavy atom. The third-order valence-corrected chi connectivity index (χ3v) is 7.85. The molecule has 0 saturated carbocycles. The maximum Gasteiger partial charge on any atom is 0.273 e. The van der Waals surface area contributed by atoms with E-state index in [-0.39, 0.29) is 34.4 Å². The van der Waals surface area contributed by atoms with E-state index in [9.17, 15) is 29.4 Å². The molecule has 0 radical (unpaired) electrons. The van der Waals surface area contributed by atoms with Crippen molar-refractivity contribution in [1.82, 2.24) is 21.7 Å². The van der Waals surface area contributed by atoms with Gasteiger partial charge in [0.1, 0.15) is 11.5 Å². The van der Waals surface area contributed by atoms with Gasteiger partial charge in [0.15, 0.2) is 0 Å². The van der Waals surface area contributed by atoms with Crippen LogP contribution in [-0.4, -0.2) is 33.8 Å². The lowest BCUT2D eigenvalue weighted by molar-refractivity contribution is -0.128. The number of phenolic OH excluding ortho intramolecular Hbond substituents is 2. The first kappa shape index (κ1) is 36.1. The SMILES string of the molecule is CCCCc1ccc(C(=O)NNC(=O)C(CC)CCC(CCCC)C(=O)NNC(=O)c2ccc(CCCC)cc2O)c(O)c1. The highest BCUT2D eigenvalue weighted by Gasteiger charge is 2.24. The smallest absolute Gasteiger partial charge is 0.273 e. The highest BCUT2D eigenvalue weighted by Crippen LogP contribution is 2.23. The van der Waals surface area contributed by atoms with Gasteiger partial charge in [0.25, 0.3) is 11.8 Å². The fraction of sp³-hybridized carbons (Fsp3) is 0.529. The first-order valence-electron chi connectivity index (χ1n) is 16.0. The highest BCUT2D eigenvalue weighted by molar-refractivity contribution is 5.98. The average Bonchev–Trinajstić information content (AvgIpc) is 3.01. The zero-order chi connectivity index (χ0) is 32.5. The van der Waals surface area contributed by atoms with Crippen molar-refractivity contribution >= 4 is 23.6 Å². The van der Waals surface area contributed by atoms with Crippen LogP contribution in [0.15, 0.2) is 36.4 Å². The molecule has 0 spiro atoms. The summed E-state index contributed by atoms with van der Waals surface area (Å²) in [5.41, 5.74) is 11.7. The van der Waals surface area contributed by atoms with Crippen molar-refractivity contribution in [1.29, 1.82) is 0 Å². The number of carbonyl (C=O) groups is 4.